The van der Waals surface area contributed by atoms with Gasteiger partial charge in [-0.15, -0.1) is 0 Å². The third-order valence-electron chi connectivity index (χ3n) is 5.02. The van der Waals surface area contributed by atoms with Gasteiger partial charge in [-0.05, 0) is 49.9 Å². The summed E-state index contributed by atoms with van der Waals surface area (Å²) in [4.78, 5) is 4.31. The minimum atomic E-state index is 0.315. The molecule has 2 saturated carbocycles. The Morgan fingerprint density at radius 3 is 2.76 bits per heavy atom. The van der Waals surface area contributed by atoms with Gasteiger partial charge in [0, 0.05) is 33.4 Å². The van der Waals surface area contributed by atoms with Crippen LogP contribution in [0.3, 0.4) is 0 Å². The van der Waals surface area contributed by atoms with Crippen LogP contribution in [0.15, 0.2) is 4.99 Å². The summed E-state index contributed by atoms with van der Waals surface area (Å²) in [7, 11) is 1.85. The first-order chi connectivity index (χ1) is 10.3. The Hall–Kier alpha value is -0.810. The van der Waals surface area contributed by atoms with Gasteiger partial charge in [0.05, 0.1) is 12.7 Å². The zero-order chi connectivity index (χ0) is 14.5. The van der Waals surface area contributed by atoms with E-state index in [0.717, 1.165) is 57.6 Å². The highest BCUT2D eigenvalue weighted by Crippen LogP contribution is 2.60. The zero-order valence-corrected chi connectivity index (χ0v) is 13.2. The molecule has 0 radical (unpaired) electrons. The van der Waals surface area contributed by atoms with Gasteiger partial charge in [0.15, 0.2) is 5.96 Å². The molecule has 1 heterocycles. The van der Waals surface area contributed by atoms with E-state index in [0.29, 0.717) is 11.5 Å². The van der Waals surface area contributed by atoms with Crippen LogP contribution in [-0.2, 0) is 9.47 Å². The summed E-state index contributed by atoms with van der Waals surface area (Å²) >= 11 is 0. The highest BCUT2D eigenvalue weighted by atomic mass is 16.5. The normalized spacial score (nSPS) is 27.7. The molecule has 5 heteroatoms. The molecule has 1 unspecified atom stereocenters. The number of aliphatic imine (C=N–C) groups is 1. The van der Waals surface area contributed by atoms with E-state index in [2.05, 4.69) is 15.6 Å². The van der Waals surface area contributed by atoms with Crippen molar-refractivity contribution in [3.8, 4) is 0 Å². The Kier molecular flexibility index (Phi) is 5.01. The first-order valence-corrected chi connectivity index (χ1v) is 8.46. The summed E-state index contributed by atoms with van der Waals surface area (Å²) in [6.07, 6.45) is 8.05. The van der Waals surface area contributed by atoms with Crippen molar-refractivity contribution in [3.63, 3.8) is 0 Å². The number of guanidine groups is 1. The van der Waals surface area contributed by atoms with E-state index in [1.165, 1.54) is 25.7 Å². The number of hydrogen-bond donors (Lipinski definition) is 2. The Labute approximate surface area is 127 Å². The molecule has 3 fully saturated rings. The van der Waals surface area contributed by atoms with Crippen LogP contribution in [0.25, 0.3) is 0 Å². The maximum Gasteiger partial charge on any atom is 0.190 e. The lowest BCUT2D eigenvalue weighted by atomic mass is 10.0. The van der Waals surface area contributed by atoms with Gasteiger partial charge in [0.2, 0.25) is 0 Å². The van der Waals surface area contributed by atoms with Crippen molar-refractivity contribution in [2.45, 2.75) is 44.6 Å². The van der Waals surface area contributed by atoms with Crippen molar-refractivity contribution in [1.82, 2.24) is 10.6 Å². The summed E-state index contributed by atoms with van der Waals surface area (Å²) in [6.45, 7) is 4.41. The van der Waals surface area contributed by atoms with Crippen molar-refractivity contribution >= 4 is 5.96 Å². The lowest BCUT2D eigenvalue weighted by Crippen LogP contribution is -2.41. The van der Waals surface area contributed by atoms with Crippen molar-refractivity contribution in [3.05, 3.63) is 0 Å². The highest BCUT2D eigenvalue weighted by Gasteiger charge is 2.53. The van der Waals surface area contributed by atoms with E-state index in [9.17, 15) is 0 Å². The van der Waals surface area contributed by atoms with Crippen LogP contribution in [0.4, 0.5) is 0 Å². The molecule has 0 aromatic carbocycles. The van der Waals surface area contributed by atoms with E-state index >= 15 is 0 Å². The van der Waals surface area contributed by atoms with Crippen molar-refractivity contribution in [1.29, 1.82) is 0 Å². The van der Waals surface area contributed by atoms with Gasteiger partial charge in [-0.3, -0.25) is 4.99 Å². The molecule has 0 bridgehead atoms. The molecule has 2 aliphatic carbocycles. The predicted octanol–water partition coefficient (Wildman–Crippen LogP) is 1.54. The van der Waals surface area contributed by atoms with E-state index in [4.69, 9.17) is 9.47 Å². The van der Waals surface area contributed by atoms with Gasteiger partial charge < -0.3 is 20.1 Å². The molecule has 5 nitrogen and oxygen atoms in total. The molecular weight excluding hydrogens is 266 g/mol. The molecule has 0 aromatic rings. The van der Waals surface area contributed by atoms with Gasteiger partial charge in [-0.2, -0.15) is 0 Å². The van der Waals surface area contributed by atoms with Crippen LogP contribution in [0.1, 0.15) is 38.5 Å². The molecule has 0 aromatic heterocycles. The van der Waals surface area contributed by atoms with Gasteiger partial charge in [0.1, 0.15) is 0 Å². The minimum absolute atomic E-state index is 0.315. The average molecular weight is 295 g/mol. The average Bonchev–Trinajstić information content (AvgIpc) is 3.41. The maximum absolute atomic E-state index is 5.76. The highest BCUT2D eigenvalue weighted by molar-refractivity contribution is 5.79. The van der Waals surface area contributed by atoms with Crippen LogP contribution >= 0.6 is 0 Å². The number of ether oxygens (including phenoxy) is 2. The first-order valence-electron chi connectivity index (χ1n) is 8.46. The van der Waals surface area contributed by atoms with Crippen LogP contribution in [-0.4, -0.2) is 52.0 Å². The smallest absolute Gasteiger partial charge is 0.190 e. The van der Waals surface area contributed by atoms with Gasteiger partial charge in [-0.1, -0.05) is 0 Å². The molecule has 3 aliphatic rings. The Bertz CT molecular complexity index is 359. The quantitative estimate of drug-likeness (QED) is 0.405. The third kappa shape index (κ3) is 4.33. The molecule has 3 rings (SSSR count). The van der Waals surface area contributed by atoms with Crippen molar-refractivity contribution in [2.24, 2.45) is 16.3 Å². The van der Waals surface area contributed by atoms with Gasteiger partial charge in [-0.25, -0.2) is 0 Å². The van der Waals surface area contributed by atoms with Gasteiger partial charge in [0.25, 0.3) is 0 Å². The van der Waals surface area contributed by atoms with Crippen LogP contribution in [0.2, 0.25) is 0 Å². The van der Waals surface area contributed by atoms with E-state index in [1.54, 1.807) is 0 Å². The summed E-state index contributed by atoms with van der Waals surface area (Å²) in [5, 5.41) is 6.89. The van der Waals surface area contributed by atoms with E-state index in [-0.39, 0.29) is 0 Å². The van der Waals surface area contributed by atoms with Crippen LogP contribution < -0.4 is 10.6 Å². The lowest BCUT2D eigenvalue weighted by molar-refractivity contribution is 0.0420. The Morgan fingerprint density at radius 1 is 1.29 bits per heavy atom. The molecule has 1 aliphatic heterocycles. The number of nitrogens with zero attached hydrogens (tertiary/aromatic N) is 1. The molecule has 1 atom stereocenters. The molecule has 0 spiro atoms. The second kappa shape index (κ2) is 6.97. The van der Waals surface area contributed by atoms with Crippen LogP contribution in [0.5, 0.6) is 0 Å². The fourth-order valence-corrected chi connectivity index (χ4v) is 3.24. The zero-order valence-electron chi connectivity index (χ0n) is 13.2. The summed E-state index contributed by atoms with van der Waals surface area (Å²) in [5.74, 6) is 1.93. The fourth-order valence-electron chi connectivity index (χ4n) is 3.24. The van der Waals surface area contributed by atoms with Crippen molar-refractivity contribution < 1.29 is 9.47 Å². The molecule has 2 N–H and O–H groups in total. The molecule has 120 valence electrons. The SMILES string of the molecule is CN=C(NCCCOC1CCOC1)NCC1(C2CC2)CC1. The molecule has 1 saturated heterocycles. The van der Waals surface area contributed by atoms with E-state index < -0.39 is 0 Å². The summed E-state index contributed by atoms with van der Waals surface area (Å²) in [6, 6.07) is 0. The molecular formula is C16H29N3O2. The standard InChI is InChI=1S/C16H29N3O2/c1-17-15(19-12-16(6-7-16)13-3-4-13)18-8-2-9-21-14-5-10-20-11-14/h13-14H,2-12H2,1H3,(H2,17,18,19). The lowest BCUT2D eigenvalue weighted by Gasteiger charge is -2.18. The maximum atomic E-state index is 5.76. The second-order valence-electron chi connectivity index (χ2n) is 6.70. The topological polar surface area (TPSA) is 54.9 Å². The first kappa shape index (κ1) is 15.1. The van der Waals surface area contributed by atoms with Crippen molar-refractivity contribution in [2.75, 3.05) is 40.0 Å². The minimum Gasteiger partial charge on any atom is -0.379 e. The van der Waals surface area contributed by atoms with Gasteiger partial charge >= 0.3 is 0 Å². The summed E-state index contributed by atoms with van der Waals surface area (Å²) in [5.41, 5.74) is 0.614. The predicted molar refractivity (Wildman–Crippen MR) is 83.5 cm³/mol. The van der Waals surface area contributed by atoms with E-state index in [1.807, 2.05) is 7.05 Å². The molecule has 0 amide bonds. The summed E-state index contributed by atoms with van der Waals surface area (Å²) < 4.78 is 11.1. The molecule has 21 heavy (non-hydrogen) atoms. The number of rotatable bonds is 8. The Balaban J connectivity index is 1.24. The van der Waals surface area contributed by atoms with Crippen LogP contribution in [0, 0.1) is 11.3 Å². The second-order valence-corrected chi connectivity index (χ2v) is 6.70. The monoisotopic (exact) mass is 295 g/mol. The third-order valence-corrected chi connectivity index (χ3v) is 5.02. The number of nitrogens with one attached hydrogen (secondary N) is 2. The fraction of sp³-hybridized carbons (Fsp3) is 0.938. The Morgan fingerprint density at radius 2 is 2.14 bits per heavy atom. The largest absolute Gasteiger partial charge is 0.379 e. The number of hydrogen-bond acceptors (Lipinski definition) is 3.